The van der Waals surface area contributed by atoms with Crippen molar-refractivity contribution in [3.63, 3.8) is 0 Å². The van der Waals surface area contributed by atoms with E-state index in [-0.39, 0.29) is 5.91 Å². The quantitative estimate of drug-likeness (QED) is 0.413. The normalized spacial score (nSPS) is 24.5. The number of amides is 1. The summed E-state index contributed by atoms with van der Waals surface area (Å²) in [6.45, 7) is 11.2. The molecule has 0 aromatic carbocycles. The van der Waals surface area contributed by atoms with Crippen molar-refractivity contribution in [2.24, 2.45) is 17.3 Å². The molecule has 2 aliphatic carbocycles. The van der Waals surface area contributed by atoms with Crippen molar-refractivity contribution in [1.29, 1.82) is 0 Å². The zero-order chi connectivity index (χ0) is 21.8. The van der Waals surface area contributed by atoms with Gasteiger partial charge < -0.3 is 4.90 Å². The summed E-state index contributed by atoms with van der Waals surface area (Å²) in [6, 6.07) is 0. The molecule has 0 spiro atoms. The van der Waals surface area contributed by atoms with Gasteiger partial charge in [0.25, 0.3) is 0 Å². The van der Waals surface area contributed by atoms with E-state index in [0.717, 1.165) is 54.0 Å². The van der Waals surface area contributed by atoms with Crippen LogP contribution >= 0.6 is 23.1 Å². The first kappa shape index (κ1) is 21.7. The number of carbonyl (C=O) groups is 1. The van der Waals surface area contributed by atoms with Crippen LogP contribution < -0.4 is 0 Å². The fourth-order valence-electron chi connectivity index (χ4n) is 5.16. The van der Waals surface area contributed by atoms with E-state index >= 15 is 0 Å². The van der Waals surface area contributed by atoms with Gasteiger partial charge in [-0.1, -0.05) is 39.5 Å². The van der Waals surface area contributed by atoms with Crippen LogP contribution in [0.5, 0.6) is 0 Å². The summed E-state index contributed by atoms with van der Waals surface area (Å²) in [5.41, 5.74) is 1.82. The molecule has 1 amide bonds. The van der Waals surface area contributed by atoms with Gasteiger partial charge in [0.05, 0.1) is 5.75 Å². The fraction of sp³-hybridized carbons (Fsp3) is 0.720. The number of thioether (sulfide) groups is 1. The number of carbonyl (C=O) groups excluding carboxylic acids is 1. The number of thiophene rings is 1. The van der Waals surface area contributed by atoms with E-state index in [0.29, 0.717) is 23.0 Å². The highest BCUT2D eigenvalue weighted by atomic mass is 32.2. The Kier molecular flexibility index (Phi) is 5.83. The molecule has 168 valence electrons. The van der Waals surface area contributed by atoms with Crippen molar-refractivity contribution in [3.05, 3.63) is 16.3 Å². The maximum Gasteiger partial charge on any atom is 0.232 e. The summed E-state index contributed by atoms with van der Waals surface area (Å²) >= 11 is 3.56. The van der Waals surface area contributed by atoms with Crippen LogP contribution in [0.2, 0.25) is 0 Å². The van der Waals surface area contributed by atoms with E-state index in [2.05, 4.69) is 32.6 Å². The lowest BCUT2D eigenvalue weighted by atomic mass is 9.72. The zero-order valence-electron chi connectivity index (χ0n) is 19.4. The van der Waals surface area contributed by atoms with Crippen LogP contribution in [0.4, 0.5) is 0 Å². The van der Waals surface area contributed by atoms with Gasteiger partial charge in [-0.05, 0) is 67.8 Å². The molecule has 5 rings (SSSR count). The van der Waals surface area contributed by atoms with Gasteiger partial charge in [-0.3, -0.25) is 4.79 Å². The largest absolute Gasteiger partial charge is 0.342 e. The number of hydrogen-bond acceptors (Lipinski definition) is 5. The van der Waals surface area contributed by atoms with Crippen molar-refractivity contribution in [1.82, 2.24) is 14.9 Å². The first-order valence-electron chi connectivity index (χ1n) is 12.0. The Morgan fingerprint density at radius 2 is 2.00 bits per heavy atom. The lowest BCUT2D eigenvalue weighted by Gasteiger charge is -2.33. The molecule has 0 N–H and O–H groups in total. The summed E-state index contributed by atoms with van der Waals surface area (Å²) in [5.74, 6) is 3.66. The van der Waals surface area contributed by atoms with Gasteiger partial charge in [-0.15, -0.1) is 11.3 Å². The molecule has 2 aromatic rings. The molecule has 0 radical (unpaired) electrons. The molecular weight excluding hydrogens is 422 g/mol. The number of rotatable bonds is 4. The van der Waals surface area contributed by atoms with E-state index < -0.39 is 0 Å². The highest BCUT2D eigenvalue weighted by Crippen LogP contribution is 2.46. The number of aryl methyl sites for hydroxylation is 1. The van der Waals surface area contributed by atoms with E-state index in [1.807, 2.05) is 11.3 Å². The molecule has 2 fully saturated rings. The van der Waals surface area contributed by atoms with Crippen LogP contribution in [0.1, 0.15) is 82.0 Å². The number of piperidine rings is 1. The number of nitrogens with zero attached hydrogens (tertiary/aromatic N) is 3. The molecule has 31 heavy (non-hydrogen) atoms. The third-order valence-corrected chi connectivity index (χ3v) is 9.51. The molecule has 1 saturated carbocycles. The third-order valence-electron chi connectivity index (χ3n) is 7.40. The van der Waals surface area contributed by atoms with Crippen LogP contribution in [0.15, 0.2) is 5.03 Å². The van der Waals surface area contributed by atoms with Gasteiger partial charge >= 0.3 is 0 Å². The molecule has 3 aliphatic rings. The Balaban J connectivity index is 1.43. The lowest BCUT2D eigenvalue weighted by Crippen LogP contribution is -2.40. The molecule has 4 nitrogen and oxygen atoms in total. The number of hydrogen-bond donors (Lipinski definition) is 0. The van der Waals surface area contributed by atoms with Crippen LogP contribution in [-0.4, -0.2) is 39.6 Å². The number of likely N-dealkylation sites (tertiary alicyclic amines) is 1. The Hall–Kier alpha value is -1.14. The van der Waals surface area contributed by atoms with Crippen LogP contribution in [0, 0.1) is 17.3 Å². The third kappa shape index (κ3) is 4.52. The smallest absolute Gasteiger partial charge is 0.232 e. The first-order valence-corrected chi connectivity index (χ1v) is 13.8. The Morgan fingerprint density at radius 3 is 2.71 bits per heavy atom. The van der Waals surface area contributed by atoms with Crippen molar-refractivity contribution in [2.45, 2.75) is 83.6 Å². The van der Waals surface area contributed by atoms with Gasteiger partial charge in [-0.25, -0.2) is 9.97 Å². The van der Waals surface area contributed by atoms with E-state index in [4.69, 9.17) is 9.97 Å². The number of fused-ring (bicyclic) bond motifs is 3. The van der Waals surface area contributed by atoms with E-state index in [1.165, 1.54) is 41.5 Å². The highest BCUT2D eigenvalue weighted by molar-refractivity contribution is 8.00. The van der Waals surface area contributed by atoms with Crippen molar-refractivity contribution < 1.29 is 4.79 Å². The molecule has 2 aromatic heterocycles. The Morgan fingerprint density at radius 1 is 1.19 bits per heavy atom. The molecule has 1 saturated heterocycles. The van der Waals surface area contributed by atoms with Gasteiger partial charge in [0.1, 0.15) is 15.7 Å². The average molecular weight is 458 g/mol. The van der Waals surface area contributed by atoms with Crippen molar-refractivity contribution in [3.8, 4) is 0 Å². The lowest BCUT2D eigenvalue weighted by molar-refractivity contribution is -0.130. The average Bonchev–Trinajstić information content (AvgIpc) is 3.51. The van der Waals surface area contributed by atoms with E-state index in [1.54, 1.807) is 11.8 Å². The summed E-state index contributed by atoms with van der Waals surface area (Å²) in [7, 11) is 0. The first-order chi connectivity index (χ1) is 14.8. The monoisotopic (exact) mass is 457 g/mol. The number of aromatic nitrogens is 2. The topological polar surface area (TPSA) is 46.1 Å². The molecule has 1 aliphatic heterocycles. The maximum atomic E-state index is 12.9. The van der Waals surface area contributed by atoms with Crippen LogP contribution in [-0.2, 0) is 17.6 Å². The predicted octanol–water partition coefficient (Wildman–Crippen LogP) is 6.07. The summed E-state index contributed by atoms with van der Waals surface area (Å²) in [6.07, 6.45) is 8.30. The van der Waals surface area contributed by atoms with Gasteiger partial charge in [0.15, 0.2) is 0 Å². The Labute approximate surface area is 194 Å². The molecule has 0 unspecified atom stereocenters. The predicted molar refractivity (Wildman–Crippen MR) is 130 cm³/mol. The standard InChI is InChI=1S/C25H35N3OS2/c1-15-6-5-11-28(13-15)20(29)14-30-23-21-18-10-9-17(25(2,3)4)12-19(18)31-24(21)27-22(26-23)16-7-8-16/h15-17H,5-14H2,1-4H3/t15-,17-/m0/s1. The van der Waals surface area contributed by atoms with Gasteiger partial charge in [-0.2, -0.15) is 0 Å². The highest BCUT2D eigenvalue weighted by Gasteiger charge is 2.34. The second-order valence-corrected chi connectivity index (χ2v) is 13.1. The van der Waals surface area contributed by atoms with Crippen LogP contribution in [0.3, 0.4) is 0 Å². The minimum absolute atomic E-state index is 0.271. The summed E-state index contributed by atoms with van der Waals surface area (Å²) in [5, 5.41) is 2.33. The zero-order valence-corrected chi connectivity index (χ0v) is 21.0. The summed E-state index contributed by atoms with van der Waals surface area (Å²) < 4.78 is 0. The molecule has 2 atom stereocenters. The molecule has 0 bridgehead atoms. The van der Waals surface area contributed by atoms with Crippen molar-refractivity contribution in [2.75, 3.05) is 18.8 Å². The maximum absolute atomic E-state index is 12.9. The molecular formula is C25H35N3OS2. The SMILES string of the molecule is C[C@H]1CCCN(C(=O)CSc2nc(C3CC3)nc3sc4c(c23)CC[C@H](C(C)(C)C)C4)C1. The van der Waals surface area contributed by atoms with Crippen molar-refractivity contribution >= 4 is 39.2 Å². The minimum atomic E-state index is 0.271. The van der Waals surface area contributed by atoms with Crippen LogP contribution in [0.25, 0.3) is 10.2 Å². The molecule has 3 heterocycles. The minimum Gasteiger partial charge on any atom is -0.342 e. The Bertz CT molecular complexity index is 989. The fourth-order valence-corrected chi connectivity index (χ4v) is 7.50. The second-order valence-electron chi connectivity index (χ2n) is 11.0. The van der Waals surface area contributed by atoms with E-state index in [9.17, 15) is 4.79 Å². The summed E-state index contributed by atoms with van der Waals surface area (Å²) in [4.78, 5) is 27.7. The van der Waals surface area contributed by atoms with Gasteiger partial charge in [0.2, 0.25) is 5.91 Å². The second kappa shape index (κ2) is 8.33. The van der Waals surface area contributed by atoms with Gasteiger partial charge in [0, 0.05) is 29.3 Å². The molecule has 6 heteroatoms.